The molecule has 0 spiro atoms. The van der Waals surface area contributed by atoms with Gasteiger partial charge in [0.15, 0.2) is 5.78 Å². The van der Waals surface area contributed by atoms with Crippen molar-refractivity contribution < 1.29 is 14.6 Å². The molecule has 1 fully saturated rings. The summed E-state index contributed by atoms with van der Waals surface area (Å²) in [5, 5.41) is 13.0. The zero-order valence-electron chi connectivity index (χ0n) is 11.5. The molecule has 7 nitrogen and oxygen atoms in total. The minimum absolute atomic E-state index is 0.0245. The molecule has 0 atom stereocenters. The van der Waals surface area contributed by atoms with Gasteiger partial charge in [-0.25, -0.2) is 0 Å². The minimum Gasteiger partial charge on any atom is -0.363 e. The average molecular weight is 279 g/mol. The Morgan fingerprint density at radius 1 is 1.30 bits per heavy atom. The van der Waals surface area contributed by atoms with Crippen molar-refractivity contribution >= 4 is 17.2 Å². The Labute approximate surface area is 116 Å². The first-order valence-corrected chi connectivity index (χ1v) is 6.36. The number of benzene rings is 1. The Morgan fingerprint density at radius 2 is 1.95 bits per heavy atom. The smallest absolute Gasteiger partial charge is 0.293 e. The Morgan fingerprint density at radius 3 is 2.45 bits per heavy atom. The highest BCUT2D eigenvalue weighted by Crippen LogP contribution is 2.30. The van der Waals surface area contributed by atoms with Crippen molar-refractivity contribution in [2.24, 2.45) is 0 Å². The number of Topliss-reactive ketones (excluding diaryl/α,β-unsaturated/α-hetero) is 1. The topological polar surface area (TPSA) is 75.9 Å². The quantitative estimate of drug-likeness (QED) is 0.472. The SMILES string of the molecule is CON1CCN(c2ccc(C(C)=O)cc2[N+](=O)[O-])CC1. The van der Waals surface area contributed by atoms with Crippen molar-refractivity contribution in [3.63, 3.8) is 0 Å². The van der Waals surface area contributed by atoms with Gasteiger partial charge in [0.2, 0.25) is 0 Å². The first-order valence-electron chi connectivity index (χ1n) is 6.36. The van der Waals surface area contributed by atoms with Gasteiger partial charge in [0.25, 0.3) is 5.69 Å². The molecule has 0 bridgehead atoms. The molecule has 0 aromatic heterocycles. The lowest BCUT2D eigenvalue weighted by Crippen LogP contribution is -2.46. The number of carbonyl (C=O) groups is 1. The molecule has 1 aromatic carbocycles. The van der Waals surface area contributed by atoms with Crippen LogP contribution in [0, 0.1) is 10.1 Å². The molecule has 1 heterocycles. The summed E-state index contributed by atoms with van der Waals surface area (Å²) in [6.07, 6.45) is 0. The van der Waals surface area contributed by atoms with E-state index in [1.165, 1.54) is 13.0 Å². The van der Waals surface area contributed by atoms with Crippen molar-refractivity contribution in [2.45, 2.75) is 6.92 Å². The highest BCUT2D eigenvalue weighted by Gasteiger charge is 2.24. The van der Waals surface area contributed by atoms with Gasteiger partial charge in [-0.1, -0.05) is 0 Å². The van der Waals surface area contributed by atoms with Gasteiger partial charge in [-0.3, -0.25) is 14.9 Å². The van der Waals surface area contributed by atoms with E-state index in [-0.39, 0.29) is 11.5 Å². The number of piperazine rings is 1. The lowest BCUT2D eigenvalue weighted by molar-refractivity contribution is -0.384. The molecule has 108 valence electrons. The number of anilines is 1. The highest BCUT2D eigenvalue weighted by molar-refractivity contribution is 5.95. The summed E-state index contributed by atoms with van der Waals surface area (Å²) >= 11 is 0. The van der Waals surface area contributed by atoms with Crippen LogP contribution in [0.1, 0.15) is 17.3 Å². The van der Waals surface area contributed by atoms with E-state index in [0.717, 1.165) is 0 Å². The van der Waals surface area contributed by atoms with Crippen LogP contribution in [0.2, 0.25) is 0 Å². The monoisotopic (exact) mass is 279 g/mol. The van der Waals surface area contributed by atoms with E-state index in [4.69, 9.17) is 4.84 Å². The van der Waals surface area contributed by atoms with Crippen molar-refractivity contribution in [2.75, 3.05) is 38.2 Å². The number of nitro groups is 1. The summed E-state index contributed by atoms with van der Waals surface area (Å²) in [7, 11) is 1.61. The van der Waals surface area contributed by atoms with Crippen LogP contribution >= 0.6 is 0 Å². The summed E-state index contributed by atoms with van der Waals surface area (Å²) in [4.78, 5) is 29.2. The number of nitrogens with zero attached hydrogens (tertiary/aromatic N) is 3. The number of hydrogen-bond donors (Lipinski definition) is 0. The van der Waals surface area contributed by atoms with Gasteiger partial charge in [-0.15, -0.1) is 0 Å². The molecule has 0 amide bonds. The lowest BCUT2D eigenvalue weighted by atomic mass is 10.1. The molecule has 1 aliphatic rings. The molecule has 0 N–H and O–H groups in total. The van der Waals surface area contributed by atoms with Crippen LogP contribution in [-0.4, -0.2) is 49.1 Å². The van der Waals surface area contributed by atoms with Crippen LogP contribution in [0.3, 0.4) is 0 Å². The highest BCUT2D eigenvalue weighted by atomic mass is 16.7. The predicted molar refractivity (Wildman–Crippen MR) is 73.9 cm³/mol. The Hall–Kier alpha value is -1.99. The van der Waals surface area contributed by atoms with Gasteiger partial charge in [-0.2, -0.15) is 5.06 Å². The molecule has 0 aliphatic carbocycles. The summed E-state index contributed by atoms with van der Waals surface area (Å²) in [6.45, 7) is 4.06. The number of carbonyl (C=O) groups excluding carboxylic acids is 1. The second kappa shape index (κ2) is 5.98. The normalized spacial score (nSPS) is 16.2. The second-order valence-corrected chi connectivity index (χ2v) is 4.62. The molecule has 1 aromatic rings. The van der Waals surface area contributed by atoms with E-state index < -0.39 is 4.92 Å². The van der Waals surface area contributed by atoms with Crippen LogP contribution < -0.4 is 4.90 Å². The van der Waals surface area contributed by atoms with Crippen LogP contribution in [0.25, 0.3) is 0 Å². The van der Waals surface area contributed by atoms with Crippen LogP contribution in [0.5, 0.6) is 0 Å². The second-order valence-electron chi connectivity index (χ2n) is 4.62. The zero-order valence-corrected chi connectivity index (χ0v) is 11.5. The molecule has 2 rings (SSSR count). The van der Waals surface area contributed by atoms with Gasteiger partial charge < -0.3 is 9.74 Å². The van der Waals surface area contributed by atoms with E-state index in [2.05, 4.69) is 0 Å². The maximum Gasteiger partial charge on any atom is 0.293 e. The number of hydrogen-bond acceptors (Lipinski definition) is 6. The van der Waals surface area contributed by atoms with Gasteiger partial charge in [-0.05, 0) is 19.1 Å². The van der Waals surface area contributed by atoms with E-state index >= 15 is 0 Å². The molecule has 7 heteroatoms. The molecule has 1 aliphatic heterocycles. The Bertz CT molecular complexity index is 524. The Kier molecular flexibility index (Phi) is 4.31. The van der Waals surface area contributed by atoms with E-state index in [1.54, 1.807) is 19.2 Å². The van der Waals surface area contributed by atoms with Crippen molar-refractivity contribution in [3.05, 3.63) is 33.9 Å². The fraction of sp³-hybridized carbons (Fsp3) is 0.462. The number of hydroxylamine groups is 2. The fourth-order valence-corrected chi connectivity index (χ4v) is 2.27. The third-order valence-corrected chi connectivity index (χ3v) is 3.42. The fourth-order valence-electron chi connectivity index (χ4n) is 2.27. The molecular formula is C13H17N3O4. The number of nitro benzene ring substituents is 1. The first-order chi connectivity index (χ1) is 9.52. The van der Waals surface area contributed by atoms with Crippen LogP contribution in [-0.2, 0) is 4.84 Å². The van der Waals surface area contributed by atoms with Crippen molar-refractivity contribution in [1.29, 1.82) is 0 Å². The molecule has 0 radical (unpaired) electrons. The van der Waals surface area contributed by atoms with Crippen molar-refractivity contribution in [3.8, 4) is 0 Å². The summed E-state index contributed by atoms with van der Waals surface area (Å²) in [6, 6.07) is 4.63. The van der Waals surface area contributed by atoms with Gasteiger partial charge >= 0.3 is 0 Å². The third kappa shape index (κ3) is 2.94. The van der Waals surface area contributed by atoms with Gasteiger partial charge in [0, 0.05) is 37.8 Å². The zero-order chi connectivity index (χ0) is 14.7. The molecule has 0 saturated carbocycles. The average Bonchev–Trinajstić information content (AvgIpc) is 2.46. The minimum atomic E-state index is -0.440. The third-order valence-electron chi connectivity index (χ3n) is 3.42. The van der Waals surface area contributed by atoms with Gasteiger partial charge in [0.1, 0.15) is 5.69 Å². The van der Waals surface area contributed by atoms with E-state index in [1.807, 2.05) is 9.96 Å². The molecule has 20 heavy (non-hydrogen) atoms. The summed E-state index contributed by atoms with van der Waals surface area (Å²) in [5.41, 5.74) is 0.885. The summed E-state index contributed by atoms with van der Waals surface area (Å²) in [5.74, 6) is -0.177. The maximum atomic E-state index is 11.3. The van der Waals surface area contributed by atoms with Crippen molar-refractivity contribution in [1.82, 2.24) is 5.06 Å². The number of rotatable bonds is 4. The van der Waals surface area contributed by atoms with Crippen LogP contribution in [0.4, 0.5) is 11.4 Å². The molecule has 1 saturated heterocycles. The summed E-state index contributed by atoms with van der Waals surface area (Å²) < 4.78 is 0. The molecular weight excluding hydrogens is 262 g/mol. The largest absolute Gasteiger partial charge is 0.363 e. The standard InChI is InChI=1S/C13H17N3O4/c1-10(17)11-3-4-12(13(9-11)16(18)19)14-5-7-15(20-2)8-6-14/h3-4,9H,5-8H2,1-2H3. The lowest BCUT2D eigenvalue weighted by Gasteiger charge is -2.34. The number of ketones is 1. The van der Waals surface area contributed by atoms with E-state index in [0.29, 0.717) is 37.4 Å². The maximum absolute atomic E-state index is 11.3. The molecule has 0 unspecified atom stereocenters. The van der Waals surface area contributed by atoms with E-state index in [9.17, 15) is 14.9 Å². The van der Waals surface area contributed by atoms with Crippen LogP contribution in [0.15, 0.2) is 18.2 Å². The predicted octanol–water partition coefficient (Wildman–Crippen LogP) is 1.48. The Balaban J connectivity index is 2.27. The van der Waals surface area contributed by atoms with Gasteiger partial charge in [0.05, 0.1) is 12.0 Å². The first kappa shape index (κ1) is 14.4.